The zero-order chi connectivity index (χ0) is 14.8. The molecule has 3 aliphatic rings. The van der Waals surface area contributed by atoms with Crippen LogP contribution in [0.25, 0.3) is 0 Å². The molecule has 1 amide bonds. The number of carbonyl (C=O) groups excluding carboxylic acids is 1. The fourth-order valence-corrected chi connectivity index (χ4v) is 4.24. The quantitative estimate of drug-likeness (QED) is 0.835. The van der Waals surface area contributed by atoms with Gasteiger partial charge in [-0.2, -0.15) is 0 Å². The summed E-state index contributed by atoms with van der Waals surface area (Å²) < 4.78 is 0. The molecule has 0 unspecified atom stereocenters. The molecule has 2 fully saturated rings. The summed E-state index contributed by atoms with van der Waals surface area (Å²) >= 11 is 0. The van der Waals surface area contributed by atoms with E-state index in [-0.39, 0.29) is 11.4 Å². The highest BCUT2D eigenvalue weighted by Gasteiger charge is 2.57. The molecule has 4 rings (SSSR count). The van der Waals surface area contributed by atoms with Crippen LogP contribution < -0.4 is 9.80 Å². The van der Waals surface area contributed by atoms with E-state index < -0.39 is 5.60 Å². The van der Waals surface area contributed by atoms with Gasteiger partial charge >= 0.3 is 0 Å². The summed E-state index contributed by atoms with van der Waals surface area (Å²) in [7, 11) is 1.77. The van der Waals surface area contributed by atoms with Crippen molar-refractivity contribution in [2.45, 2.75) is 50.2 Å². The summed E-state index contributed by atoms with van der Waals surface area (Å²) in [6.45, 7) is 2.21. The predicted molar refractivity (Wildman–Crippen MR) is 78.3 cm³/mol. The molecular weight excluding hydrogens is 268 g/mol. The van der Waals surface area contributed by atoms with Crippen molar-refractivity contribution in [1.82, 2.24) is 9.97 Å². The molecular formula is C15H20N4O2. The highest BCUT2D eigenvalue weighted by Crippen LogP contribution is 2.55. The maximum absolute atomic E-state index is 12.3. The zero-order valence-corrected chi connectivity index (χ0v) is 12.5. The number of hydrogen-bond donors (Lipinski definition) is 1. The van der Waals surface area contributed by atoms with Gasteiger partial charge in [0, 0.05) is 12.6 Å². The lowest BCUT2D eigenvalue weighted by Gasteiger charge is -2.45. The minimum absolute atomic E-state index is 0.0617. The van der Waals surface area contributed by atoms with Crippen LogP contribution in [0.5, 0.6) is 0 Å². The number of nitrogens with zero attached hydrogens (tertiary/aromatic N) is 4. The number of rotatable bonds is 1. The summed E-state index contributed by atoms with van der Waals surface area (Å²) in [5, 5.41) is 10.5. The predicted octanol–water partition coefficient (Wildman–Crippen LogP) is 1.02. The first-order valence-corrected chi connectivity index (χ1v) is 7.53. The Morgan fingerprint density at radius 3 is 2.62 bits per heavy atom. The minimum Gasteiger partial charge on any atom is -0.390 e. The lowest BCUT2D eigenvalue weighted by molar-refractivity contribution is -0.117. The third-order valence-corrected chi connectivity index (χ3v) is 5.50. The van der Waals surface area contributed by atoms with Crippen molar-refractivity contribution >= 4 is 17.4 Å². The molecule has 0 atom stereocenters. The molecule has 6 nitrogen and oxygen atoms in total. The Balaban J connectivity index is 1.82. The summed E-state index contributed by atoms with van der Waals surface area (Å²) in [4.78, 5) is 24.9. The van der Waals surface area contributed by atoms with Crippen LogP contribution in [0, 0.1) is 6.92 Å². The minimum atomic E-state index is -0.533. The molecule has 112 valence electrons. The van der Waals surface area contributed by atoms with Crippen molar-refractivity contribution < 1.29 is 9.90 Å². The number of aromatic nitrogens is 2. The molecule has 2 saturated carbocycles. The van der Waals surface area contributed by atoms with Crippen molar-refractivity contribution in [2.75, 3.05) is 23.4 Å². The van der Waals surface area contributed by atoms with Gasteiger partial charge in [0.1, 0.15) is 11.5 Å². The third-order valence-electron chi connectivity index (χ3n) is 5.50. The second-order valence-electron chi connectivity index (χ2n) is 6.79. The number of hydrogen-bond acceptors (Lipinski definition) is 5. The number of anilines is 2. The third kappa shape index (κ3) is 1.71. The molecule has 6 heteroatoms. The smallest absolute Gasteiger partial charge is 0.246 e. The van der Waals surface area contributed by atoms with Crippen LogP contribution in [0.15, 0.2) is 6.20 Å². The van der Waals surface area contributed by atoms with Gasteiger partial charge in [-0.1, -0.05) is 0 Å². The van der Waals surface area contributed by atoms with Gasteiger partial charge in [-0.25, -0.2) is 9.97 Å². The molecule has 2 bridgehead atoms. The molecule has 1 aliphatic heterocycles. The molecule has 1 aromatic heterocycles. The molecule has 0 spiro atoms. The maximum atomic E-state index is 12.3. The molecule has 0 aromatic carbocycles. The second-order valence-corrected chi connectivity index (χ2v) is 6.79. The number of carbonyl (C=O) groups is 1. The van der Waals surface area contributed by atoms with Gasteiger partial charge in [0.05, 0.1) is 18.3 Å². The van der Waals surface area contributed by atoms with E-state index in [0.29, 0.717) is 12.4 Å². The van der Waals surface area contributed by atoms with Crippen LogP contribution in [0.3, 0.4) is 0 Å². The molecule has 1 aromatic rings. The van der Waals surface area contributed by atoms with Crippen molar-refractivity contribution in [3.63, 3.8) is 0 Å². The Labute approximate surface area is 123 Å². The van der Waals surface area contributed by atoms with Crippen LogP contribution in [-0.4, -0.2) is 45.7 Å². The Morgan fingerprint density at radius 2 is 2.00 bits per heavy atom. The van der Waals surface area contributed by atoms with Crippen molar-refractivity contribution in [1.29, 1.82) is 0 Å². The van der Waals surface area contributed by atoms with Gasteiger partial charge in [0.2, 0.25) is 5.91 Å². The average Bonchev–Trinajstić information content (AvgIpc) is 2.97. The highest BCUT2D eigenvalue weighted by atomic mass is 16.3. The molecule has 1 N–H and O–H groups in total. The fraction of sp³-hybridized carbons (Fsp3) is 0.667. The molecule has 2 aliphatic carbocycles. The van der Waals surface area contributed by atoms with E-state index in [0.717, 1.165) is 43.6 Å². The van der Waals surface area contributed by atoms with Crippen LogP contribution in [0.4, 0.5) is 11.5 Å². The first-order chi connectivity index (χ1) is 9.92. The summed E-state index contributed by atoms with van der Waals surface area (Å²) in [5.74, 6) is 1.62. The summed E-state index contributed by atoms with van der Waals surface area (Å²) in [6.07, 6.45) is 6.00. The standard InChI is InChI=1S/C15H20N4O2/c1-10-16-7-11-13(17-10)19(8-12(20)18(11)2)14-3-5-15(21,9-14)6-4-14/h7,21H,3-6,8-9H2,1-2H3. The lowest BCUT2D eigenvalue weighted by Crippen LogP contribution is -2.54. The average molecular weight is 288 g/mol. The van der Waals surface area contributed by atoms with Gasteiger partial charge in [0.15, 0.2) is 5.82 Å². The van der Waals surface area contributed by atoms with Crippen molar-refractivity contribution in [3.8, 4) is 0 Å². The van der Waals surface area contributed by atoms with E-state index in [4.69, 9.17) is 0 Å². The van der Waals surface area contributed by atoms with Gasteiger partial charge in [-0.15, -0.1) is 0 Å². The molecule has 21 heavy (non-hydrogen) atoms. The largest absolute Gasteiger partial charge is 0.390 e. The van der Waals surface area contributed by atoms with Crippen molar-refractivity contribution in [2.24, 2.45) is 0 Å². The Morgan fingerprint density at radius 1 is 1.29 bits per heavy atom. The maximum Gasteiger partial charge on any atom is 0.246 e. The second kappa shape index (κ2) is 3.94. The lowest BCUT2D eigenvalue weighted by atomic mass is 9.90. The Bertz CT molecular complexity index is 622. The fourth-order valence-electron chi connectivity index (χ4n) is 4.24. The number of amides is 1. The van der Waals surface area contributed by atoms with Crippen LogP contribution in [0.2, 0.25) is 0 Å². The van der Waals surface area contributed by atoms with E-state index in [1.54, 1.807) is 18.1 Å². The Kier molecular flexibility index (Phi) is 2.44. The van der Waals surface area contributed by atoms with Crippen LogP contribution >= 0.6 is 0 Å². The SMILES string of the molecule is Cc1ncc2c(n1)N(C13CCC(O)(CC1)C3)CC(=O)N2C. The number of aryl methyl sites for hydroxylation is 1. The van der Waals surface area contributed by atoms with E-state index in [1.165, 1.54) is 0 Å². The van der Waals surface area contributed by atoms with Gasteiger partial charge in [-0.3, -0.25) is 4.79 Å². The topological polar surface area (TPSA) is 69.6 Å². The summed E-state index contributed by atoms with van der Waals surface area (Å²) in [5.41, 5.74) is 0.129. The van der Waals surface area contributed by atoms with E-state index in [1.807, 2.05) is 6.92 Å². The summed E-state index contributed by atoms with van der Waals surface area (Å²) in [6, 6.07) is 0. The van der Waals surface area contributed by atoms with Gasteiger partial charge in [-0.05, 0) is 39.0 Å². The number of fused-ring (bicyclic) bond motifs is 3. The molecule has 0 saturated heterocycles. The number of aliphatic hydroxyl groups is 1. The van der Waals surface area contributed by atoms with Crippen molar-refractivity contribution in [3.05, 3.63) is 12.0 Å². The van der Waals surface area contributed by atoms with Gasteiger partial charge in [0.25, 0.3) is 0 Å². The van der Waals surface area contributed by atoms with E-state index >= 15 is 0 Å². The monoisotopic (exact) mass is 288 g/mol. The first kappa shape index (κ1) is 13.0. The number of likely N-dealkylation sites (N-methyl/N-ethyl adjacent to an activating group) is 1. The Hall–Kier alpha value is -1.69. The van der Waals surface area contributed by atoms with Crippen LogP contribution in [0.1, 0.15) is 37.9 Å². The highest BCUT2D eigenvalue weighted by molar-refractivity contribution is 6.02. The van der Waals surface area contributed by atoms with Gasteiger partial charge < -0.3 is 14.9 Å². The normalized spacial score (nSPS) is 34.5. The molecule has 2 heterocycles. The van der Waals surface area contributed by atoms with E-state index in [9.17, 15) is 9.90 Å². The zero-order valence-electron chi connectivity index (χ0n) is 12.5. The first-order valence-electron chi connectivity index (χ1n) is 7.53. The van der Waals surface area contributed by atoms with E-state index in [2.05, 4.69) is 14.9 Å². The van der Waals surface area contributed by atoms with Crippen LogP contribution in [-0.2, 0) is 4.79 Å². The molecule has 0 radical (unpaired) electrons.